The molecular formula is C22H25F8N3O2. The molecule has 2 fully saturated rings. The van der Waals surface area contributed by atoms with E-state index < -0.39 is 53.3 Å². The fourth-order valence-corrected chi connectivity index (χ4v) is 4.29. The van der Waals surface area contributed by atoms with Crippen LogP contribution in [0.4, 0.5) is 35.1 Å². The fraction of sp³-hybridized carbons (Fsp3) is 0.636. The standard InChI is InChI=1S/C22H25F8N3O2/c23-20(24)5-6-33(12-20)18(34)11-31-17-3-1-13(2-4-17)10-32-19(35)14-7-15(21(25,26)27)9-16(8-14)22(28,29)30/h7-9,13,17,31H,1-6,10-12H2,(H,32,35)/t13-,17-. The van der Waals surface area contributed by atoms with Gasteiger partial charge in [0.1, 0.15) is 0 Å². The van der Waals surface area contributed by atoms with Crippen LogP contribution in [0.5, 0.6) is 0 Å². The topological polar surface area (TPSA) is 61.4 Å². The number of hydrogen-bond donors (Lipinski definition) is 2. The van der Waals surface area contributed by atoms with Crippen LogP contribution in [0.1, 0.15) is 53.6 Å². The highest BCUT2D eigenvalue weighted by Gasteiger charge is 2.40. The lowest BCUT2D eigenvalue weighted by Gasteiger charge is -2.29. The minimum absolute atomic E-state index is 0.0102. The van der Waals surface area contributed by atoms with E-state index >= 15 is 0 Å². The van der Waals surface area contributed by atoms with Crippen molar-refractivity contribution in [2.75, 3.05) is 26.2 Å². The lowest BCUT2D eigenvalue weighted by atomic mass is 9.86. The van der Waals surface area contributed by atoms with Gasteiger partial charge in [0.15, 0.2) is 0 Å². The summed E-state index contributed by atoms with van der Waals surface area (Å²) in [6.07, 6.45) is -8.00. The van der Waals surface area contributed by atoms with Crippen LogP contribution in [0.2, 0.25) is 0 Å². The molecule has 1 aromatic carbocycles. The number of rotatable bonds is 6. The smallest absolute Gasteiger partial charge is 0.352 e. The van der Waals surface area contributed by atoms with E-state index in [1.807, 2.05) is 0 Å². The van der Waals surface area contributed by atoms with E-state index in [0.717, 1.165) is 4.90 Å². The Hall–Kier alpha value is -2.44. The van der Waals surface area contributed by atoms with Gasteiger partial charge in [0.25, 0.3) is 11.8 Å². The maximum absolute atomic E-state index is 13.2. The summed E-state index contributed by atoms with van der Waals surface area (Å²) in [4.78, 5) is 25.5. The summed E-state index contributed by atoms with van der Waals surface area (Å²) < 4.78 is 104. The van der Waals surface area contributed by atoms with Crippen molar-refractivity contribution in [2.45, 2.75) is 56.4 Å². The van der Waals surface area contributed by atoms with E-state index in [4.69, 9.17) is 0 Å². The average molecular weight is 515 g/mol. The highest BCUT2D eigenvalue weighted by atomic mass is 19.4. The number of likely N-dealkylation sites (tertiary alicyclic amines) is 1. The second-order valence-corrected chi connectivity index (χ2v) is 9.02. The Labute approximate surface area is 196 Å². The van der Waals surface area contributed by atoms with Crippen LogP contribution >= 0.6 is 0 Å². The first-order valence-electron chi connectivity index (χ1n) is 11.1. The minimum atomic E-state index is -5.04. The summed E-state index contributed by atoms with van der Waals surface area (Å²) in [7, 11) is 0. The molecular weight excluding hydrogens is 490 g/mol. The van der Waals surface area contributed by atoms with Crippen molar-refractivity contribution in [3.63, 3.8) is 0 Å². The number of nitrogens with one attached hydrogen (secondary N) is 2. The van der Waals surface area contributed by atoms with Gasteiger partial charge in [-0.25, -0.2) is 8.78 Å². The highest BCUT2D eigenvalue weighted by Crippen LogP contribution is 2.36. The number of halogens is 8. The molecule has 1 aliphatic carbocycles. The van der Waals surface area contributed by atoms with Gasteiger partial charge in [-0.15, -0.1) is 0 Å². The van der Waals surface area contributed by atoms with Crippen LogP contribution in [0.3, 0.4) is 0 Å². The third kappa shape index (κ3) is 7.52. The largest absolute Gasteiger partial charge is 0.416 e. The van der Waals surface area contributed by atoms with Crippen molar-refractivity contribution in [2.24, 2.45) is 5.92 Å². The number of nitrogens with zero attached hydrogens (tertiary/aromatic N) is 1. The Morgan fingerprint density at radius 2 is 1.51 bits per heavy atom. The predicted molar refractivity (Wildman–Crippen MR) is 109 cm³/mol. The summed E-state index contributed by atoms with van der Waals surface area (Å²) in [6.45, 7) is -0.573. The van der Waals surface area contributed by atoms with Gasteiger partial charge < -0.3 is 15.5 Å². The summed E-state index contributed by atoms with van der Waals surface area (Å²) in [5.74, 6) is -4.34. The van der Waals surface area contributed by atoms with Gasteiger partial charge in [-0.05, 0) is 49.8 Å². The van der Waals surface area contributed by atoms with Gasteiger partial charge in [0, 0.05) is 31.1 Å². The van der Waals surface area contributed by atoms with E-state index in [1.165, 1.54) is 0 Å². The molecule has 0 spiro atoms. The van der Waals surface area contributed by atoms with Gasteiger partial charge in [0.2, 0.25) is 5.91 Å². The molecule has 1 aliphatic heterocycles. The SMILES string of the molecule is O=C(NC[C@H]1CC[C@H](NCC(=O)N2CCC(F)(F)C2)CC1)c1cc(C(F)(F)F)cc(C(F)(F)F)c1. The van der Waals surface area contributed by atoms with E-state index in [9.17, 15) is 44.7 Å². The molecule has 0 aromatic heterocycles. The lowest BCUT2D eigenvalue weighted by Crippen LogP contribution is -2.43. The number of benzene rings is 1. The van der Waals surface area contributed by atoms with Gasteiger partial charge in [0.05, 0.1) is 24.2 Å². The Morgan fingerprint density at radius 3 is 2.00 bits per heavy atom. The zero-order valence-electron chi connectivity index (χ0n) is 18.5. The molecule has 2 aliphatic rings. The molecule has 1 heterocycles. The molecule has 1 saturated carbocycles. The molecule has 2 amide bonds. The number of amides is 2. The summed E-state index contributed by atoms with van der Waals surface area (Å²) >= 11 is 0. The Kier molecular flexibility index (Phi) is 7.97. The lowest BCUT2D eigenvalue weighted by molar-refractivity contribution is -0.143. The van der Waals surface area contributed by atoms with E-state index in [1.54, 1.807) is 0 Å². The van der Waals surface area contributed by atoms with Gasteiger partial charge >= 0.3 is 12.4 Å². The molecule has 3 rings (SSSR count). The molecule has 0 unspecified atom stereocenters. The van der Waals surface area contributed by atoms with Crippen LogP contribution in [0.25, 0.3) is 0 Å². The molecule has 1 aromatic rings. The van der Waals surface area contributed by atoms with E-state index in [2.05, 4.69) is 10.6 Å². The van der Waals surface area contributed by atoms with Crippen molar-refractivity contribution >= 4 is 11.8 Å². The van der Waals surface area contributed by atoms with Crippen molar-refractivity contribution in [1.82, 2.24) is 15.5 Å². The van der Waals surface area contributed by atoms with Crippen molar-refractivity contribution in [1.29, 1.82) is 0 Å². The quantitative estimate of drug-likeness (QED) is 0.550. The fourth-order valence-electron chi connectivity index (χ4n) is 4.29. The van der Waals surface area contributed by atoms with E-state index in [-0.39, 0.29) is 44.1 Å². The van der Waals surface area contributed by atoms with Crippen LogP contribution in [-0.4, -0.2) is 54.9 Å². The first-order chi connectivity index (χ1) is 16.1. The van der Waals surface area contributed by atoms with Crippen LogP contribution < -0.4 is 10.6 Å². The molecule has 0 atom stereocenters. The highest BCUT2D eigenvalue weighted by molar-refractivity contribution is 5.94. The Bertz CT molecular complexity index is 892. The molecule has 13 heteroatoms. The van der Waals surface area contributed by atoms with Crippen molar-refractivity contribution in [3.8, 4) is 0 Å². The maximum Gasteiger partial charge on any atom is 0.416 e. The van der Waals surface area contributed by atoms with Crippen molar-refractivity contribution < 1.29 is 44.7 Å². The minimum Gasteiger partial charge on any atom is -0.352 e. The molecule has 0 bridgehead atoms. The van der Waals surface area contributed by atoms with Gasteiger partial charge in [-0.1, -0.05) is 0 Å². The molecule has 196 valence electrons. The molecule has 35 heavy (non-hydrogen) atoms. The zero-order valence-corrected chi connectivity index (χ0v) is 18.5. The monoisotopic (exact) mass is 515 g/mol. The summed E-state index contributed by atoms with van der Waals surface area (Å²) in [6, 6.07) is 0.703. The zero-order chi connectivity index (χ0) is 26.0. The second kappa shape index (κ2) is 10.3. The maximum atomic E-state index is 13.2. The Balaban J connectivity index is 1.47. The number of carbonyl (C=O) groups is 2. The van der Waals surface area contributed by atoms with Crippen molar-refractivity contribution in [3.05, 3.63) is 34.9 Å². The summed E-state index contributed by atoms with van der Waals surface area (Å²) in [5.41, 5.74) is -3.85. The molecule has 5 nitrogen and oxygen atoms in total. The van der Waals surface area contributed by atoms with Gasteiger partial charge in [-0.2, -0.15) is 26.3 Å². The normalized spacial score (nSPS) is 22.8. The van der Waals surface area contributed by atoms with Crippen LogP contribution in [0, 0.1) is 5.92 Å². The first-order valence-corrected chi connectivity index (χ1v) is 11.1. The summed E-state index contributed by atoms with van der Waals surface area (Å²) in [5, 5.41) is 5.45. The average Bonchev–Trinajstić information content (AvgIpc) is 3.14. The first kappa shape index (κ1) is 27.2. The van der Waals surface area contributed by atoms with Crippen LogP contribution in [-0.2, 0) is 17.1 Å². The second-order valence-electron chi connectivity index (χ2n) is 9.02. The third-order valence-electron chi connectivity index (χ3n) is 6.31. The number of hydrogen-bond acceptors (Lipinski definition) is 3. The number of alkyl halides is 8. The molecule has 2 N–H and O–H groups in total. The van der Waals surface area contributed by atoms with Crippen LogP contribution in [0.15, 0.2) is 18.2 Å². The predicted octanol–water partition coefficient (Wildman–Crippen LogP) is 4.47. The van der Waals surface area contributed by atoms with E-state index in [0.29, 0.717) is 37.8 Å². The van der Waals surface area contributed by atoms with Gasteiger partial charge in [-0.3, -0.25) is 9.59 Å². The Morgan fingerprint density at radius 1 is 0.943 bits per heavy atom. The molecule has 0 radical (unpaired) electrons. The third-order valence-corrected chi connectivity index (χ3v) is 6.31. The molecule has 1 saturated heterocycles. The number of carbonyl (C=O) groups excluding carboxylic acids is 2.